The van der Waals surface area contributed by atoms with Crippen LogP contribution < -0.4 is 5.32 Å². The Morgan fingerprint density at radius 3 is 2.90 bits per heavy atom. The van der Waals surface area contributed by atoms with Crippen molar-refractivity contribution in [1.82, 2.24) is 15.5 Å². The Morgan fingerprint density at radius 2 is 2.14 bits per heavy atom. The molecule has 0 aliphatic heterocycles. The van der Waals surface area contributed by atoms with Crippen LogP contribution in [0.4, 0.5) is 0 Å². The maximum atomic E-state index is 4.34. The van der Waals surface area contributed by atoms with Gasteiger partial charge in [0.2, 0.25) is 0 Å². The SMILES string of the molecule is CC(C)CNCCCc1nnc(-c2cc(Br)ccc2I)s1. The van der Waals surface area contributed by atoms with Crippen molar-refractivity contribution in [3.8, 4) is 10.6 Å². The quantitative estimate of drug-likeness (QED) is 0.460. The molecule has 3 nitrogen and oxygen atoms in total. The van der Waals surface area contributed by atoms with Crippen LogP contribution in [0.2, 0.25) is 0 Å². The molecule has 114 valence electrons. The molecule has 0 fully saturated rings. The molecule has 0 saturated carbocycles. The van der Waals surface area contributed by atoms with Crippen LogP contribution in [0.5, 0.6) is 0 Å². The van der Waals surface area contributed by atoms with Gasteiger partial charge in [-0.15, -0.1) is 10.2 Å². The first-order valence-electron chi connectivity index (χ1n) is 7.05. The number of nitrogens with one attached hydrogen (secondary N) is 1. The molecule has 0 aliphatic rings. The summed E-state index contributed by atoms with van der Waals surface area (Å²) >= 11 is 7.56. The molecule has 0 amide bonds. The Balaban J connectivity index is 1.91. The maximum absolute atomic E-state index is 4.34. The van der Waals surface area contributed by atoms with Gasteiger partial charge in [0.1, 0.15) is 10.0 Å². The third-order valence-corrected chi connectivity index (χ3v) is 5.37. The van der Waals surface area contributed by atoms with Crippen LogP contribution in [0.15, 0.2) is 22.7 Å². The summed E-state index contributed by atoms with van der Waals surface area (Å²) in [6, 6.07) is 6.25. The van der Waals surface area contributed by atoms with Gasteiger partial charge in [-0.25, -0.2) is 0 Å². The van der Waals surface area contributed by atoms with E-state index in [1.807, 2.05) is 6.07 Å². The first kappa shape index (κ1) is 17.3. The van der Waals surface area contributed by atoms with Crippen LogP contribution in [0.3, 0.4) is 0 Å². The van der Waals surface area contributed by atoms with Crippen molar-refractivity contribution in [3.63, 3.8) is 0 Å². The summed E-state index contributed by atoms with van der Waals surface area (Å²) in [4.78, 5) is 0. The summed E-state index contributed by atoms with van der Waals surface area (Å²) in [5, 5.41) is 14.2. The minimum atomic E-state index is 0.705. The van der Waals surface area contributed by atoms with Crippen molar-refractivity contribution in [2.75, 3.05) is 13.1 Å². The maximum Gasteiger partial charge on any atom is 0.148 e. The van der Waals surface area contributed by atoms with Gasteiger partial charge in [-0.1, -0.05) is 41.1 Å². The Hall–Kier alpha value is -0.0500. The Kier molecular flexibility index (Phi) is 7.04. The zero-order chi connectivity index (χ0) is 15.2. The number of nitrogens with zero attached hydrogens (tertiary/aromatic N) is 2. The Morgan fingerprint density at radius 1 is 1.33 bits per heavy atom. The van der Waals surface area contributed by atoms with Gasteiger partial charge in [0.15, 0.2) is 0 Å². The topological polar surface area (TPSA) is 37.8 Å². The lowest BCUT2D eigenvalue weighted by atomic mass is 10.2. The molecule has 1 N–H and O–H groups in total. The van der Waals surface area contributed by atoms with Crippen molar-refractivity contribution in [2.45, 2.75) is 26.7 Å². The first-order valence-corrected chi connectivity index (χ1v) is 9.73. The standard InChI is InChI=1S/C15H19BrIN3S/c1-10(2)9-18-7-3-4-14-19-20-15(21-14)12-8-11(16)5-6-13(12)17/h5-6,8,10,18H,3-4,7,9H2,1-2H3. The average molecular weight is 480 g/mol. The second-order valence-corrected chi connectivity index (χ2v) is 8.47. The molecule has 21 heavy (non-hydrogen) atoms. The molecule has 0 radical (unpaired) electrons. The highest BCUT2D eigenvalue weighted by molar-refractivity contribution is 14.1. The van der Waals surface area contributed by atoms with Crippen molar-refractivity contribution in [2.24, 2.45) is 5.92 Å². The normalized spacial score (nSPS) is 11.3. The molecule has 1 aromatic heterocycles. The molecule has 0 saturated heterocycles. The average Bonchev–Trinajstić information content (AvgIpc) is 2.89. The molecular formula is C15H19BrIN3S. The minimum Gasteiger partial charge on any atom is -0.316 e. The fourth-order valence-corrected chi connectivity index (χ4v) is 3.93. The first-order chi connectivity index (χ1) is 10.1. The van der Waals surface area contributed by atoms with E-state index in [2.05, 4.69) is 80.0 Å². The number of benzene rings is 1. The van der Waals surface area contributed by atoms with E-state index in [4.69, 9.17) is 0 Å². The molecule has 0 aliphatic carbocycles. The van der Waals surface area contributed by atoms with Crippen molar-refractivity contribution in [3.05, 3.63) is 31.2 Å². The number of rotatable bonds is 7. The van der Waals surface area contributed by atoms with Gasteiger partial charge < -0.3 is 5.32 Å². The van der Waals surface area contributed by atoms with E-state index >= 15 is 0 Å². The zero-order valence-corrected chi connectivity index (χ0v) is 16.8. The zero-order valence-electron chi connectivity index (χ0n) is 12.2. The van der Waals surface area contributed by atoms with Crippen molar-refractivity contribution in [1.29, 1.82) is 0 Å². The number of aromatic nitrogens is 2. The second-order valence-electron chi connectivity index (χ2n) is 5.33. The van der Waals surface area contributed by atoms with Crippen LogP contribution in [-0.4, -0.2) is 23.3 Å². The minimum absolute atomic E-state index is 0.705. The van der Waals surface area contributed by atoms with Crippen LogP contribution in [0.25, 0.3) is 10.6 Å². The van der Waals surface area contributed by atoms with E-state index in [-0.39, 0.29) is 0 Å². The highest BCUT2D eigenvalue weighted by Gasteiger charge is 2.10. The third-order valence-electron chi connectivity index (χ3n) is 2.92. The largest absolute Gasteiger partial charge is 0.316 e. The smallest absolute Gasteiger partial charge is 0.148 e. The third kappa shape index (κ3) is 5.58. The number of halogens is 2. The van der Waals surface area contributed by atoms with E-state index in [0.29, 0.717) is 5.92 Å². The molecule has 2 rings (SSSR count). The van der Waals surface area contributed by atoms with Gasteiger partial charge in [-0.05, 0) is 66.2 Å². The molecule has 0 atom stereocenters. The van der Waals surface area contributed by atoms with E-state index in [9.17, 15) is 0 Å². The fourth-order valence-electron chi connectivity index (χ4n) is 1.88. The lowest BCUT2D eigenvalue weighted by Crippen LogP contribution is -2.21. The molecular weight excluding hydrogens is 461 g/mol. The van der Waals surface area contributed by atoms with Gasteiger partial charge in [0.05, 0.1) is 0 Å². The van der Waals surface area contributed by atoms with Gasteiger partial charge in [-0.3, -0.25) is 0 Å². The Labute approximate surface area is 152 Å². The molecule has 2 aromatic rings. The highest BCUT2D eigenvalue weighted by Crippen LogP contribution is 2.30. The Bertz CT molecular complexity index is 586. The number of hydrogen-bond donors (Lipinski definition) is 1. The van der Waals surface area contributed by atoms with E-state index in [1.54, 1.807) is 11.3 Å². The lowest BCUT2D eigenvalue weighted by molar-refractivity contribution is 0.542. The molecule has 0 spiro atoms. The highest BCUT2D eigenvalue weighted by atomic mass is 127. The summed E-state index contributed by atoms with van der Waals surface area (Å²) in [5.74, 6) is 0.705. The van der Waals surface area contributed by atoms with Crippen LogP contribution >= 0.6 is 49.9 Å². The monoisotopic (exact) mass is 479 g/mol. The summed E-state index contributed by atoms with van der Waals surface area (Å²) in [6.07, 6.45) is 2.10. The summed E-state index contributed by atoms with van der Waals surface area (Å²) in [5.41, 5.74) is 1.16. The molecule has 0 bridgehead atoms. The van der Waals surface area contributed by atoms with Crippen LogP contribution in [-0.2, 0) is 6.42 Å². The van der Waals surface area contributed by atoms with Gasteiger partial charge in [-0.2, -0.15) is 0 Å². The molecule has 1 aromatic carbocycles. The lowest BCUT2D eigenvalue weighted by Gasteiger charge is -2.05. The molecule has 6 heteroatoms. The van der Waals surface area contributed by atoms with Gasteiger partial charge >= 0.3 is 0 Å². The van der Waals surface area contributed by atoms with Crippen molar-refractivity contribution < 1.29 is 0 Å². The van der Waals surface area contributed by atoms with E-state index < -0.39 is 0 Å². The number of hydrogen-bond acceptors (Lipinski definition) is 4. The van der Waals surface area contributed by atoms with E-state index in [0.717, 1.165) is 46.0 Å². The summed E-state index contributed by atoms with van der Waals surface area (Å²) in [6.45, 7) is 6.58. The van der Waals surface area contributed by atoms with Crippen LogP contribution in [0.1, 0.15) is 25.3 Å². The predicted octanol–water partition coefficient (Wildman–Crippen LogP) is 4.75. The van der Waals surface area contributed by atoms with E-state index in [1.165, 1.54) is 3.57 Å². The molecule has 0 unspecified atom stereocenters. The van der Waals surface area contributed by atoms with Gasteiger partial charge in [0, 0.05) is 20.0 Å². The number of aryl methyl sites for hydroxylation is 1. The van der Waals surface area contributed by atoms with Crippen LogP contribution in [0, 0.1) is 9.49 Å². The summed E-state index contributed by atoms with van der Waals surface area (Å²) < 4.78 is 2.28. The van der Waals surface area contributed by atoms with Crippen molar-refractivity contribution >= 4 is 49.9 Å². The molecule has 1 heterocycles. The fraction of sp³-hybridized carbons (Fsp3) is 0.467. The second kappa shape index (κ2) is 8.55. The summed E-state index contributed by atoms with van der Waals surface area (Å²) in [7, 11) is 0. The van der Waals surface area contributed by atoms with Gasteiger partial charge in [0.25, 0.3) is 0 Å². The predicted molar refractivity (Wildman–Crippen MR) is 102 cm³/mol.